The second-order valence-electron chi connectivity index (χ2n) is 6.56. The summed E-state index contributed by atoms with van der Waals surface area (Å²) in [6.07, 6.45) is 1.78. The van der Waals surface area contributed by atoms with E-state index in [-0.39, 0.29) is 17.7 Å². The van der Waals surface area contributed by atoms with Crippen LogP contribution >= 0.6 is 0 Å². The van der Waals surface area contributed by atoms with Crippen molar-refractivity contribution in [3.05, 3.63) is 54.9 Å². The molecule has 0 unspecified atom stereocenters. The van der Waals surface area contributed by atoms with Crippen LogP contribution in [0.25, 0.3) is 16.7 Å². The molecule has 2 N–H and O–H groups in total. The van der Waals surface area contributed by atoms with Crippen LogP contribution in [-0.4, -0.2) is 27.4 Å². The molecule has 0 aliphatic rings. The Morgan fingerprint density at radius 1 is 1.04 bits per heavy atom. The first-order valence-electron chi connectivity index (χ1n) is 8.56. The Labute approximate surface area is 152 Å². The highest BCUT2D eigenvalue weighted by Gasteiger charge is 2.22. The molecule has 0 fully saturated rings. The van der Waals surface area contributed by atoms with Gasteiger partial charge in [-0.25, -0.2) is 4.98 Å². The lowest BCUT2D eigenvalue weighted by molar-refractivity contribution is -0.126. The maximum absolute atomic E-state index is 12.4. The molecule has 0 aliphatic heterocycles. The monoisotopic (exact) mass is 350 g/mol. The minimum Gasteiger partial charge on any atom is -0.344 e. The summed E-state index contributed by atoms with van der Waals surface area (Å²) in [5.41, 5.74) is 3.59. The maximum Gasteiger partial charge on any atom is 0.247 e. The van der Waals surface area contributed by atoms with Crippen LogP contribution in [0.3, 0.4) is 0 Å². The van der Waals surface area contributed by atoms with Gasteiger partial charge in [0, 0.05) is 18.3 Å². The van der Waals surface area contributed by atoms with Gasteiger partial charge in [-0.2, -0.15) is 0 Å². The lowest BCUT2D eigenvalue weighted by atomic mass is 10.0. The Morgan fingerprint density at radius 2 is 1.73 bits per heavy atom. The molecule has 26 heavy (non-hydrogen) atoms. The van der Waals surface area contributed by atoms with Gasteiger partial charge >= 0.3 is 0 Å². The van der Waals surface area contributed by atoms with E-state index < -0.39 is 6.04 Å². The lowest BCUT2D eigenvalue weighted by Crippen LogP contribution is -2.46. The van der Waals surface area contributed by atoms with Crippen molar-refractivity contribution in [3.8, 4) is 5.69 Å². The number of amides is 2. The number of hydrogen-bond acceptors (Lipinski definition) is 3. The van der Waals surface area contributed by atoms with Gasteiger partial charge in [0.15, 0.2) is 0 Å². The van der Waals surface area contributed by atoms with Crippen LogP contribution in [-0.2, 0) is 9.59 Å². The van der Waals surface area contributed by atoms with Crippen molar-refractivity contribution in [2.24, 2.45) is 5.92 Å². The van der Waals surface area contributed by atoms with Gasteiger partial charge in [0.1, 0.15) is 12.4 Å². The van der Waals surface area contributed by atoms with E-state index in [1.165, 1.54) is 6.92 Å². The van der Waals surface area contributed by atoms with E-state index >= 15 is 0 Å². The van der Waals surface area contributed by atoms with E-state index in [0.717, 1.165) is 16.7 Å². The second-order valence-corrected chi connectivity index (χ2v) is 6.56. The van der Waals surface area contributed by atoms with Crippen LogP contribution in [0.4, 0.5) is 5.69 Å². The van der Waals surface area contributed by atoms with Gasteiger partial charge in [0.2, 0.25) is 11.8 Å². The van der Waals surface area contributed by atoms with Crippen LogP contribution in [0.2, 0.25) is 0 Å². The third-order valence-corrected chi connectivity index (χ3v) is 4.17. The number of anilines is 1. The quantitative estimate of drug-likeness (QED) is 0.742. The summed E-state index contributed by atoms with van der Waals surface area (Å²) in [5.74, 6) is -0.451. The number of fused-ring (bicyclic) bond motifs is 1. The molecule has 1 atom stereocenters. The van der Waals surface area contributed by atoms with Gasteiger partial charge in [0.25, 0.3) is 0 Å². The predicted molar refractivity (Wildman–Crippen MR) is 102 cm³/mol. The molecule has 0 radical (unpaired) electrons. The minimum atomic E-state index is -0.565. The molecule has 134 valence electrons. The number of benzene rings is 2. The Hall–Kier alpha value is -3.15. The summed E-state index contributed by atoms with van der Waals surface area (Å²) in [5, 5.41) is 5.55. The number of hydrogen-bond donors (Lipinski definition) is 2. The average molecular weight is 350 g/mol. The highest BCUT2D eigenvalue weighted by atomic mass is 16.2. The van der Waals surface area contributed by atoms with Crippen molar-refractivity contribution in [2.45, 2.75) is 26.8 Å². The van der Waals surface area contributed by atoms with E-state index in [2.05, 4.69) is 15.6 Å². The highest BCUT2D eigenvalue weighted by molar-refractivity contribution is 5.97. The largest absolute Gasteiger partial charge is 0.344 e. The highest BCUT2D eigenvalue weighted by Crippen LogP contribution is 2.20. The first-order chi connectivity index (χ1) is 12.5. The second kappa shape index (κ2) is 7.39. The van der Waals surface area contributed by atoms with E-state index in [0.29, 0.717) is 5.69 Å². The van der Waals surface area contributed by atoms with Crippen molar-refractivity contribution in [3.63, 3.8) is 0 Å². The zero-order valence-electron chi connectivity index (χ0n) is 15.1. The maximum atomic E-state index is 12.4. The molecular weight excluding hydrogens is 328 g/mol. The first-order valence-corrected chi connectivity index (χ1v) is 8.56. The van der Waals surface area contributed by atoms with Gasteiger partial charge in [-0.3, -0.25) is 14.2 Å². The number of para-hydroxylation sites is 2. The normalized spacial score (nSPS) is 12.2. The fourth-order valence-electron chi connectivity index (χ4n) is 2.84. The zero-order chi connectivity index (χ0) is 18.7. The summed E-state index contributed by atoms with van der Waals surface area (Å²) < 4.78 is 2.00. The Kier molecular flexibility index (Phi) is 5.02. The van der Waals surface area contributed by atoms with Gasteiger partial charge in [-0.1, -0.05) is 26.0 Å². The first kappa shape index (κ1) is 17.7. The summed E-state index contributed by atoms with van der Waals surface area (Å²) in [6.45, 7) is 5.20. The Morgan fingerprint density at radius 3 is 2.38 bits per heavy atom. The molecule has 1 heterocycles. The van der Waals surface area contributed by atoms with Gasteiger partial charge in [-0.15, -0.1) is 0 Å². The molecule has 0 saturated heterocycles. The van der Waals surface area contributed by atoms with Crippen molar-refractivity contribution >= 4 is 28.5 Å². The molecule has 1 aromatic heterocycles. The molecule has 0 bridgehead atoms. The van der Waals surface area contributed by atoms with Crippen LogP contribution in [0.15, 0.2) is 54.9 Å². The van der Waals surface area contributed by atoms with E-state index in [4.69, 9.17) is 0 Å². The number of nitrogens with zero attached hydrogens (tertiary/aromatic N) is 2. The molecule has 6 heteroatoms. The number of carbonyl (C=O) groups is 2. The molecule has 0 saturated carbocycles. The third kappa shape index (κ3) is 3.74. The van der Waals surface area contributed by atoms with Crippen molar-refractivity contribution in [1.29, 1.82) is 0 Å². The van der Waals surface area contributed by atoms with E-state index in [9.17, 15) is 9.59 Å². The Bertz CT molecular complexity index is 928. The topological polar surface area (TPSA) is 76.0 Å². The van der Waals surface area contributed by atoms with Crippen LogP contribution in [0.5, 0.6) is 0 Å². The predicted octanol–water partition coefficient (Wildman–Crippen LogP) is 3.12. The Balaban J connectivity index is 1.77. The minimum absolute atomic E-state index is 0.00418. The summed E-state index contributed by atoms with van der Waals surface area (Å²) in [6, 6.07) is 14.9. The number of rotatable bonds is 5. The number of carbonyl (C=O) groups excluding carboxylic acids is 2. The smallest absolute Gasteiger partial charge is 0.247 e. The molecule has 0 aliphatic carbocycles. The summed E-state index contributed by atoms with van der Waals surface area (Å²) in [4.78, 5) is 28.1. The third-order valence-electron chi connectivity index (χ3n) is 4.17. The fraction of sp³-hybridized carbons (Fsp3) is 0.250. The van der Waals surface area contributed by atoms with Crippen LogP contribution in [0, 0.1) is 5.92 Å². The molecule has 2 aromatic carbocycles. The van der Waals surface area contributed by atoms with E-state index in [1.807, 2.05) is 66.9 Å². The number of aromatic nitrogens is 2. The zero-order valence-corrected chi connectivity index (χ0v) is 15.1. The summed E-state index contributed by atoms with van der Waals surface area (Å²) >= 11 is 0. The molecule has 6 nitrogen and oxygen atoms in total. The molecule has 0 spiro atoms. The number of nitrogens with one attached hydrogen (secondary N) is 2. The van der Waals surface area contributed by atoms with Crippen LogP contribution in [0.1, 0.15) is 20.8 Å². The summed E-state index contributed by atoms with van der Waals surface area (Å²) in [7, 11) is 0. The molecule has 3 aromatic rings. The lowest BCUT2D eigenvalue weighted by Gasteiger charge is -2.21. The van der Waals surface area contributed by atoms with Gasteiger partial charge in [0.05, 0.1) is 11.0 Å². The fourth-order valence-corrected chi connectivity index (χ4v) is 2.84. The van der Waals surface area contributed by atoms with Crippen molar-refractivity contribution in [1.82, 2.24) is 14.9 Å². The number of imidazole rings is 1. The molecular formula is C20H22N4O2. The van der Waals surface area contributed by atoms with Gasteiger partial charge < -0.3 is 10.6 Å². The molecule has 2 amide bonds. The van der Waals surface area contributed by atoms with Crippen LogP contribution < -0.4 is 10.6 Å². The van der Waals surface area contributed by atoms with Crippen molar-refractivity contribution < 1.29 is 9.59 Å². The average Bonchev–Trinajstić information content (AvgIpc) is 3.04. The van der Waals surface area contributed by atoms with E-state index in [1.54, 1.807) is 6.33 Å². The van der Waals surface area contributed by atoms with Gasteiger partial charge in [-0.05, 0) is 42.3 Å². The molecule has 3 rings (SSSR count). The standard InChI is InChI=1S/C20H22N4O2/c1-13(2)19(22-14(3)25)20(26)23-15-8-10-16(11-9-15)24-12-21-17-6-4-5-7-18(17)24/h4-13,19H,1-3H3,(H,22,25)(H,23,26)/t19-/m0/s1. The van der Waals surface area contributed by atoms with Crippen molar-refractivity contribution in [2.75, 3.05) is 5.32 Å². The SMILES string of the molecule is CC(=O)N[C@H](C(=O)Nc1ccc(-n2cnc3ccccc32)cc1)C(C)C.